The van der Waals surface area contributed by atoms with E-state index in [0.29, 0.717) is 23.9 Å². The minimum atomic E-state index is -3.42. The van der Waals surface area contributed by atoms with E-state index in [1.165, 1.54) is 16.7 Å². The van der Waals surface area contributed by atoms with Crippen molar-refractivity contribution in [3.8, 4) is 0 Å². The molecule has 0 radical (unpaired) electrons. The van der Waals surface area contributed by atoms with Crippen molar-refractivity contribution in [2.75, 3.05) is 13.1 Å². The molecule has 0 N–H and O–H groups in total. The Balaban J connectivity index is 1.53. The van der Waals surface area contributed by atoms with Gasteiger partial charge in [0.2, 0.25) is 10.0 Å². The summed E-state index contributed by atoms with van der Waals surface area (Å²) in [6.07, 6.45) is 3.99. The van der Waals surface area contributed by atoms with Crippen molar-refractivity contribution >= 4 is 15.6 Å². The van der Waals surface area contributed by atoms with E-state index < -0.39 is 10.0 Å². The Morgan fingerprint density at radius 1 is 0.800 bits per heavy atom. The van der Waals surface area contributed by atoms with Crippen molar-refractivity contribution < 1.29 is 8.42 Å². The number of piperidine rings is 1. The second kappa shape index (κ2) is 8.99. The molecule has 1 saturated heterocycles. The Kier molecular flexibility index (Phi) is 6.16. The molecule has 3 nitrogen and oxygen atoms in total. The number of sulfonamides is 1. The fourth-order valence-electron chi connectivity index (χ4n) is 3.97. The predicted molar refractivity (Wildman–Crippen MR) is 123 cm³/mol. The first kappa shape index (κ1) is 20.6. The third-order valence-electron chi connectivity index (χ3n) is 5.73. The number of aryl methyl sites for hydroxylation is 1. The van der Waals surface area contributed by atoms with Crippen LogP contribution in [-0.2, 0) is 10.0 Å². The van der Waals surface area contributed by atoms with E-state index in [1.807, 2.05) is 31.2 Å². The molecule has 4 rings (SSSR count). The summed E-state index contributed by atoms with van der Waals surface area (Å²) in [4.78, 5) is 0.386. The number of rotatable bonds is 5. The molecule has 154 valence electrons. The van der Waals surface area contributed by atoms with E-state index in [-0.39, 0.29) is 0 Å². The number of allylic oxidation sites excluding steroid dienone is 1. The van der Waals surface area contributed by atoms with E-state index >= 15 is 0 Å². The maximum absolute atomic E-state index is 13.0. The number of benzene rings is 3. The zero-order chi connectivity index (χ0) is 21.0. The lowest BCUT2D eigenvalue weighted by atomic mass is 9.90. The monoisotopic (exact) mass is 417 g/mol. The zero-order valence-electron chi connectivity index (χ0n) is 17.2. The van der Waals surface area contributed by atoms with Gasteiger partial charge in [0.25, 0.3) is 0 Å². The Hall–Kier alpha value is -2.69. The van der Waals surface area contributed by atoms with Crippen molar-refractivity contribution in [3.05, 3.63) is 108 Å². The lowest BCUT2D eigenvalue weighted by Gasteiger charge is -2.30. The number of hydrogen-bond donors (Lipinski definition) is 0. The second-order valence-electron chi connectivity index (χ2n) is 7.87. The molecule has 0 aliphatic carbocycles. The zero-order valence-corrected chi connectivity index (χ0v) is 18.1. The molecule has 4 heteroatoms. The fraction of sp³-hybridized carbons (Fsp3) is 0.231. The maximum atomic E-state index is 13.0. The van der Waals surface area contributed by atoms with Crippen LogP contribution in [0.15, 0.2) is 95.9 Å². The average Bonchev–Trinajstić information content (AvgIpc) is 2.79. The predicted octanol–water partition coefficient (Wildman–Crippen LogP) is 5.53. The first-order chi connectivity index (χ1) is 14.5. The van der Waals surface area contributed by atoms with Gasteiger partial charge in [-0.15, -0.1) is 0 Å². The van der Waals surface area contributed by atoms with Gasteiger partial charge >= 0.3 is 0 Å². The molecule has 3 aromatic carbocycles. The molecule has 0 saturated carbocycles. The number of hydrogen-bond acceptors (Lipinski definition) is 2. The van der Waals surface area contributed by atoms with Crippen molar-refractivity contribution in [1.82, 2.24) is 4.31 Å². The number of nitrogens with zero attached hydrogens (tertiary/aromatic N) is 1. The summed E-state index contributed by atoms with van der Waals surface area (Å²) in [5, 5.41) is 0. The third-order valence-corrected chi connectivity index (χ3v) is 7.64. The van der Waals surface area contributed by atoms with Crippen LogP contribution in [0.25, 0.3) is 5.57 Å². The van der Waals surface area contributed by atoms with Gasteiger partial charge in [-0.05, 0) is 54.5 Å². The van der Waals surface area contributed by atoms with Gasteiger partial charge in [0.1, 0.15) is 0 Å². The quantitative estimate of drug-likeness (QED) is 0.547. The van der Waals surface area contributed by atoms with Crippen LogP contribution >= 0.6 is 0 Å². The van der Waals surface area contributed by atoms with E-state index in [4.69, 9.17) is 0 Å². The SMILES string of the molecule is Cc1ccc(S(=O)(=O)N2CCC(C=C(c3ccccc3)c3ccccc3)CC2)cc1. The average molecular weight is 418 g/mol. The van der Waals surface area contributed by atoms with Gasteiger partial charge in [-0.3, -0.25) is 0 Å². The Morgan fingerprint density at radius 2 is 1.30 bits per heavy atom. The summed E-state index contributed by atoms with van der Waals surface area (Å²) in [6.45, 7) is 3.06. The molecule has 30 heavy (non-hydrogen) atoms. The van der Waals surface area contributed by atoms with E-state index in [1.54, 1.807) is 16.4 Å². The molecule has 1 heterocycles. The van der Waals surface area contributed by atoms with Crippen LogP contribution in [0.3, 0.4) is 0 Å². The van der Waals surface area contributed by atoms with Gasteiger partial charge in [-0.1, -0.05) is 84.4 Å². The second-order valence-corrected chi connectivity index (χ2v) is 9.80. The molecule has 0 bridgehead atoms. The van der Waals surface area contributed by atoms with Crippen LogP contribution in [0.1, 0.15) is 29.5 Å². The van der Waals surface area contributed by atoms with E-state index in [0.717, 1.165) is 18.4 Å². The Morgan fingerprint density at radius 3 is 1.80 bits per heavy atom. The molecule has 0 aromatic heterocycles. The minimum Gasteiger partial charge on any atom is -0.207 e. The Labute approximate surface area is 179 Å². The van der Waals surface area contributed by atoms with Crippen molar-refractivity contribution in [3.63, 3.8) is 0 Å². The highest BCUT2D eigenvalue weighted by atomic mass is 32.2. The lowest BCUT2D eigenvalue weighted by molar-refractivity contribution is 0.306. The molecular weight excluding hydrogens is 390 g/mol. The van der Waals surface area contributed by atoms with Crippen LogP contribution < -0.4 is 0 Å². The highest BCUT2D eigenvalue weighted by molar-refractivity contribution is 7.89. The van der Waals surface area contributed by atoms with E-state index in [2.05, 4.69) is 54.6 Å². The van der Waals surface area contributed by atoms with Crippen LogP contribution in [0.5, 0.6) is 0 Å². The van der Waals surface area contributed by atoms with Crippen LogP contribution in [0, 0.1) is 12.8 Å². The standard InChI is InChI=1S/C26H27NO2S/c1-21-12-14-25(15-13-21)30(28,29)27-18-16-22(17-19-27)20-26(23-8-4-2-5-9-23)24-10-6-3-7-11-24/h2-15,20,22H,16-19H2,1H3. The topological polar surface area (TPSA) is 37.4 Å². The summed E-state index contributed by atoms with van der Waals surface area (Å²) >= 11 is 0. The third kappa shape index (κ3) is 4.55. The molecule has 1 aliphatic heterocycles. The van der Waals surface area contributed by atoms with Gasteiger partial charge in [0.15, 0.2) is 0 Å². The summed E-state index contributed by atoms with van der Waals surface area (Å²) in [7, 11) is -3.42. The highest BCUT2D eigenvalue weighted by Gasteiger charge is 2.29. The summed E-state index contributed by atoms with van der Waals surface area (Å²) in [5.74, 6) is 0.352. The summed E-state index contributed by atoms with van der Waals surface area (Å²) in [5.41, 5.74) is 4.67. The largest absolute Gasteiger partial charge is 0.243 e. The molecular formula is C26H27NO2S. The fourth-order valence-corrected chi connectivity index (χ4v) is 5.44. The molecule has 1 aliphatic rings. The van der Waals surface area contributed by atoms with Gasteiger partial charge < -0.3 is 0 Å². The lowest BCUT2D eigenvalue weighted by Crippen LogP contribution is -2.38. The van der Waals surface area contributed by atoms with E-state index in [9.17, 15) is 8.42 Å². The smallest absolute Gasteiger partial charge is 0.207 e. The molecule has 1 fully saturated rings. The normalized spacial score (nSPS) is 15.6. The van der Waals surface area contributed by atoms with Gasteiger partial charge in [-0.2, -0.15) is 4.31 Å². The highest BCUT2D eigenvalue weighted by Crippen LogP contribution is 2.30. The van der Waals surface area contributed by atoms with Crippen molar-refractivity contribution in [2.45, 2.75) is 24.7 Å². The van der Waals surface area contributed by atoms with Gasteiger partial charge in [0, 0.05) is 13.1 Å². The minimum absolute atomic E-state index is 0.352. The maximum Gasteiger partial charge on any atom is 0.243 e. The van der Waals surface area contributed by atoms with Crippen LogP contribution in [-0.4, -0.2) is 25.8 Å². The van der Waals surface area contributed by atoms with Crippen molar-refractivity contribution in [2.24, 2.45) is 5.92 Å². The van der Waals surface area contributed by atoms with Crippen LogP contribution in [0.2, 0.25) is 0 Å². The summed E-state index contributed by atoms with van der Waals surface area (Å²) in [6, 6.07) is 28.0. The van der Waals surface area contributed by atoms with Crippen LogP contribution in [0.4, 0.5) is 0 Å². The molecule has 0 unspecified atom stereocenters. The first-order valence-electron chi connectivity index (χ1n) is 10.4. The van der Waals surface area contributed by atoms with Crippen molar-refractivity contribution in [1.29, 1.82) is 0 Å². The Bertz CT molecular complexity index is 1060. The first-order valence-corrected chi connectivity index (χ1v) is 11.9. The molecule has 0 atom stereocenters. The summed E-state index contributed by atoms with van der Waals surface area (Å²) < 4.78 is 27.6. The van der Waals surface area contributed by atoms with Gasteiger partial charge in [-0.25, -0.2) is 8.42 Å². The molecule has 0 spiro atoms. The molecule has 3 aromatic rings. The van der Waals surface area contributed by atoms with Gasteiger partial charge in [0.05, 0.1) is 4.90 Å². The molecule has 0 amide bonds.